The summed E-state index contributed by atoms with van der Waals surface area (Å²) in [7, 11) is 0. The molecule has 1 radical (unpaired) electrons. The summed E-state index contributed by atoms with van der Waals surface area (Å²) in [6.07, 6.45) is 5.07. The number of aryl methyl sites for hydroxylation is 1. The maximum atomic E-state index is 12.3. The molecule has 0 N–H and O–H groups in total. The highest BCUT2D eigenvalue weighted by Gasteiger charge is 2.21. The zero-order valence-electron chi connectivity index (χ0n) is 16.7. The highest BCUT2D eigenvalue weighted by molar-refractivity contribution is 6.28. The molecule has 0 unspecified atom stereocenters. The molecule has 0 aromatic carbocycles. The van der Waals surface area contributed by atoms with Crippen LogP contribution in [0.2, 0.25) is 5.28 Å². The zero-order chi connectivity index (χ0) is 20.9. The van der Waals surface area contributed by atoms with Crippen LogP contribution >= 0.6 is 11.6 Å². The van der Waals surface area contributed by atoms with Crippen molar-refractivity contribution in [2.24, 2.45) is 0 Å². The van der Waals surface area contributed by atoms with Gasteiger partial charge in [0.05, 0.1) is 18.7 Å². The maximum Gasteiger partial charge on any atom is 0.374 e. The number of esters is 2. The Kier molecular flexibility index (Phi) is 7.12. The van der Waals surface area contributed by atoms with E-state index in [-0.39, 0.29) is 36.6 Å². The molecule has 2 rings (SSSR count). The lowest BCUT2D eigenvalue weighted by Crippen LogP contribution is -2.24. The Balaban J connectivity index is 2.22. The van der Waals surface area contributed by atoms with Gasteiger partial charge in [-0.25, -0.2) is 19.7 Å². The van der Waals surface area contributed by atoms with E-state index in [1.807, 2.05) is 6.92 Å². The van der Waals surface area contributed by atoms with Crippen LogP contribution in [-0.2, 0) is 20.8 Å². The number of ether oxygens (including phenoxy) is 2. The second-order valence-corrected chi connectivity index (χ2v) is 7.41. The predicted molar refractivity (Wildman–Crippen MR) is 104 cm³/mol. The van der Waals surface area contributed by atoms with Crippen LogP contribution in [0.25, 0.3) is 11.4 Å². The van der Waals surface area contributed by atoms with Crippen LogP contribution in [-0.4, -0.2) is 43.7 Å². The van der Waals surface area contributed by atoms with Gasteiger partial charge in [-0.1, -0.05) is 0 Å². The molecular formula is C19H24ClN4O4. The number of carbonyl (C=O) groups is 2. The molecular weight excluding hydrogens is 384 g/mol. The van der Waals surface area contributed by atoms with E-state index in [0.29, 0.717) is 11.4 Å². The predicted octanol–water partition coefficient (Wildman–Crippen LogP) is 3.41. The third-order valence-corrected chi connectivity index (χ3v) is 3.66. The van der Waals surface area contributed by atoms with Crippen LogP contribution in [0.15, 0.2) is 12.4 Å². The highest BCUT2D eigenvalue weighted by Crippen LogP contribution is 2.22. The molecule has 0 saturated heterocycles. The van der Waals surface area contributed by atoms with E-state index in [1.165, 1.54) is 0 Å². The number of halogens is 1. The highest BCUT2D eigenvalue weighted by atomic mass is 35.5. The second kappa shape index (κ2) is 9.14. The van der Waals surface area contributed by atoms with Crippen LogP contribution in [0.3, 0.4) is 0 Å². The van der Waals surface area contributed by atoms with Crippen molar-refractivity contribution in [2.75, 3.05) is 6.61 Å². The lowest BCUT2D eigenvalue weighted by molar-refractivity contribution is -0.154. The smallest absolute Gasteiger partial charge is 0.374 e. The van der Waals surface area contributed by atoms with Crippen LogP contribution < -0.4 is 0 Å². The third-order valence-electron chi connectivity index (χ3n) is 3.48. The zero-order valence-corrected chi connectivity index (χ0v) is 17.4. The first kappa shape index (κ1) is 21.8. The van der Waals surface area contributed by atoms with Crippen molar-refractivity contribution in [1.82, 2.24) is 19.5 Å². The quantitative estimate of drug-likeness (QED) is 0.512. The first-order valence-corrected chi connectivity index (χ1v) is 9.26. The summed E-state index contributed by atoms with van der Waals surface area (Å²) in [5.41, 5.74) is 1.21. The van der Waals surface area contributed by atoms with Gasteiger partial charge in [0.2, 0.25) is 11.1 Å². The van der Waals surface area contributed by atoms with Crippen LogP contribution in [0.4, 0.5) is 0 Å². The summed E-state index contributed by atoms with van der Waals surface area (Å²) >= 11 is 5.89. The lowest BCUT2D eigenvalue weighted by Gasteiger charge is -2.19. The summed E-state index contributed by atoms with van der Waals surface area (Å²) in [5, 5.41) is 0.0873. The molecule has 2 aromatic rings. The Morgan fingerprint density at radius 2 is 2.00 bits per heavy atom. The van der Waals surface area contributed by atoms with Gasteiger partial charge in [-0.05, 0) is 58.2 Å². The Bertz CT molecular complexity index is 858. The fraction of sp³-hybridized carbons (Fsp3) is 0.474. The minimum atomic E-state index is -0.558. The van der Waals surface area contributed by atoms with E-state index in [4.69, 9.17) is 21.1 Å². The normalized spacial score (nSPS) is 11.4. The molecule has 0 bridgehead atoms. The van der Waals surface area contributed by atoms with E-state index < -0.39 is 11.6 Å². The standard InChI is InChI=1S/C19H24ClN4O4/c1-6-27-17(26)16-22-13(15-12(2)10-21-18(20)23-15)11-24(16)9-7-8-14(25)28-19(3,4)5/h7,10-11H,6,8-9H2,1-5H3. The minimum Gasteiger partial charge on any atom is -0.460 e. The van der Waals surface area contributed by atoms with Crippen molar-refractivity contribution < 1.29 is 19.1 Å². The van der Waals surface area contributed by atoms with E-state index in [9.17, 15) is 9.59 Å². The van der Waals surface area contributed by atoms with Crippen LogP contribution in [0, 0.1) is 13.3 Å². The average molecular weight is 408 g/mol. The minimum absolute atomic E-state index is 0.0873. The van der Waals surface area contributed by atoms with Gasteiger partial charge < -0.3 is 14.0 Å². The van der Waals surface area contributed by atoms with E-state index in [2.05, 4.69) is 15.0 Å². The van der Waals surface area contributed by atoms with Crippen molar-refractivity contribution in [1.29, 1.82) is 0 Å². The Morgan fingerprint density at radius 1 is 1.29 bits per heavy atom. The molecule has 28 heavy (non-hydrogen) atoms. The molecule has 0 spiro atoms. The molecule has 0 atom stereocenters. The SMILES string of the molecule is CCOC(=O)c1nc(-c2nc(Cl)ncc2C)cn1C[CH]CC(=O)OC(C)(C)C. The van der Waals surface area contributed by atoms with Gasteiger partial charge >= 0.3 is 11.9 Å². The summed E-state index contributed by atoms with van der Waals surface area (Å²) in [6.45, 7) is 9.46. The number of hydrogen-bond donors (Lipinski definition) is 0. The Morgan fingerprint density at radius 3 is 2.64 bits per heavy atom. The van der Waals surface area contributed by atoms with Gasteiger partial charge in [-0.15, -0.1) is 0 Å². The molecule has 8 nitrogen and oxygen atoms in total. The van der Waals surface area contributed by atoms with Gasteiger partial charge in [-0.3, -0.25) is 4.79 Å². The molecule has 2 heterocycles. The van der Waals surface area contributed by atoms with Crippen LogP contribution in [0.1, 0.15) is 50.3 Å². The first-order valence-electron chi connectivity index (χ1n) is 8.88. The maximum absolute atomic E-state index is 12.3. The molecule has 9 heteroatoms. The number of rotatable bonds is 7. The Labute approximate surface area is 169 Å². The number of carbonyl (C=O) groups excluding carboxylic acids is 2. The molecule has 151 valence electrons. The molecule has 0 amide bonds. The summed E-state index contributed by atoms with van der Waals surface area (Å²) in [5.74, 6) is -0.785. The molecule has 0 saturated carbocycles. The van der Waals surface area contributed by atoms with E-state index in [1.54, 1.807) is 51.1 Å². The van der Waals surface area contributed by atoms with E-state index in [0.717, 1.165) is 5.56 Å². The van der Waals surface area contributed by atoms with Gasteiger partial charge in [0.25, 0.3) is 0 Å². The van der Waals surface area contributed by atoms with Crippen molar-refractivity contribution >= 4 is 23.5 Å². The van der Waals surface area contributed by atoms with Crippen molar-refractivity contribution in [3.8, 4) is 11.4 Å². The molecule has 0 fully saturated rings. The molecule has 2 aromatic heterocycles. The Hall–Kier alpha value is -2.48. The summed E-state index contributed by atoms with van der Waals surface area (Å²) in [6, 6.07) is 0. The van der Waals surface area contributed by atoms with Gasteiger partial charge in [-0.2, -0.15) is 0 Å². The monoisotopic (exact) mass is 407 g/mol. The largest absolute Gasteiger partial charge is 0.460 e. The number of aromatic nitrogens is 4. The molecule has 0 aliphatic carbocycles. The number of imidazole rings is 1. The fourth-order valence-corrected chi connectivity index (χ4v) is 2.55. The topological polar surface area (TPSA) is 96.2 Å². The third kappa shape index (κ3) is 6.02. The summed E-state index contributed by atoms with van der Waals surface area (Å²) in [4.78, 5) is 36.6. The first-order chi connectivity index (χ1) is 13.1. The van der Waals surface area contributed by atoms with Crippen molar-refractivity contribution in [2.45, 2.75) is 53.2 Å². The van der Waals surface area contributed by atoms with Gasteiger partial charge in [0, 0.05) is 18.9 Å². The van der Waals surface area contributed by atoms with Crippen molar-refractivity contribution in [3.63, 3.8) is 0 Å². The average Bonchev–Trinajstić information content (AvgIpc) is 2.99. The molecule has 0 aliphatic rings. The lowest BCUT2D eigenvalue weighted by atomic mass is 10.2. The number of hydrogen-bond acceptors (Lipinski definition) is 7. The fourth-order valence-electron chi connectivity index (χ4n) is 2.41. The van der Waals surface area contributed by atoms with Gasteiger partial charge in [0.1, 0.15) is 11.3 Å². The van der Waals surface area contributed by atoms with Crippen LogP contribution in [0.5, 0.6) is 0 Å². The number of nitrogens with zero attached hydrogens (tertiary/aromatic N) is 4. The van der Waals surface area contributed by atoms with E-state index >= 15 is 0 Å². The summed E-state index contributed by atoms with van der Waals surface area (Å²) < 4.78 is 12.0. The molecule has 0 aliphatic heterocycles. The second-order valence-electron chi connectivity index (χ2n) is 7.07. The van der Waals surface area contributed by atoms with Crippen molar-refractivity contribution in [3.05, 3.63) is 35.5 Å². The van der Waals surface area contributed by atoms with Gasteiger partial charge in [0.15, 0.2) is 0 Å².